The first kappa shape index (κ1) is 12.9. The van der Waals surface area contributed by atoms with Crippen LogP contribution in [0.15, 0.2) is 0 Å². The quantitative estimate of drug-likeness (QED) is 0.586. The molecule has 0 bridgehead atoms. The van der Waals surface area contributed by atoms with Gasteiger partial charge in [-0.3, -0.25) is 4.90 Å². The van der Waals surface area contributed by atoms with E-state index in [1.165, 1.54) is 19.3 Å². The minimum Gasteiger partial charge on any atom is -0.302 e. The van der Waals surface area contributed by atoms with Crippen LogP contribution in [0.5, 0.6) is 0 Å². The second-order valence-electron chi connectivity index (χ2n) is 3.44. The van der Waals surface area contributed by atoms with Crippen molar-refractivity contribution in [2.45, 2.75) is 53.1 Å². The van der Waals surface area contributed by atoms with Crippen LogP contribution in [0, 0.1) is 0 Å². The van der Waals surface area contributed by atoms with Crippen LogP contribution in [0.25, 0.3) is 0 Å². The third-order valence-corrected chi connectivity index (χ3v) is 2.52. The van der Waals surface area contributed by atoms with Gasteiger partial charge in [-0.05, 0) is 26.1 Å². The van der Waals surface area contributed by atoms with Crippen LogP contribution < -0.4 is 5.32 Å². The van der Waals surface area contributed by atoms with Crippen molar-refractivity contribution in [2.75, 3.05) is 19.6 Å². The Morgan fingerprint density at radius 1 is 1.08 bits per heavy atom. The van der Waals surface area contributed by atoms with Gasteiger partial charge in [-0.15, -0.1) is 0 Å². The van der Waals surface area contributed by atoms with E-state index >= 15 is 0 Å². The molecule has 2 nitrogen and oxygen atoms in total. The molecule has 0 radical (unpaired) electrons. The zero-order valence-electron chi connectivity index (χ0n) is 9.77. The SMILES string of the molecule is CCCCC(NCC)N(CC)CC. The second kappa shape index (κ2) is 8.52. The Hall–Kier alpha value is -0.0800. The zero-order chi connectivity index (χ0) is 10.1. The highest BCUT2D eigenvalue weighted by atomic mass is 15.3. The molecule has 0 aromatic rings. The van der Waals surface area contributed by atoms with Gasteiger partial charge in [0.25, 0.3) is 0 Å². The van der Waals surface area contributed by atoms with E-state index in [4.69, 9.17) is 0 Å². The molecule has 0 aliphatic rings. The highest BCUT2D eigenvalue weighted by Gasteiger charge is 2.12. The topological polar surface area (TPSA) is 15.3 Å². The van der Waals surface area contributed by atoms with Crippen LogP contribution >= 0.6 is 0 Å². The molecule has 1 unspecified atom stereocenters. The van der Waals surface area contributed by atoms with E-state index in [2.05, 4.69) is 37.9 Å². The Morgan fingerprint density at radius 2 is 1.69 bits per heavy atom. The predicted molar refractivity (Wildman–Crippen MR) is 59.9 cm³/mol. The van der Waals surface area contributed by atoms with Gasteiger partial charge in [-0.1, -0.05) is 40.5 Å². The van der Waals surface area contributed by atoms with Crippen LogP contribution in [0.1, 0.15) is 47.0 Å². The highest BCUT2D eigenvalue weighted by Crippen LogP contribution is 2.05. The summed E-state index contributed by atoms with van der Waals surface area (Å²) >= 11 is 0. The standard InChI is InChI=1S/C11H26N2/c1-5-9-10-11(12-6-2)13(7-3)8-4/h11-12H,5-10H2,1-4H3. The minimum absolute atomic E-state index is 0.597. The maximum absolute atomic E-state index is 3.55. The van der Waals surface area contributed by atoms with Crippen LogP contribution in [0.3, 0.4) is 0 Å². The van der Waals surface area contributed by atoms with Gasteiger partial charge in [-0.25, -0.2) is 0 Å². The summed E-state index contributed by atoms with van der Waals surface area (Å²) in [5.41, 5.74) is 0. The van der Waals surface area contributed by atoms with Gasteiger partial charge in [0.05, 0.1) is 6.17 Å². The Kier molecular flexibility index (Phi) is 8.46. The molecule has 1 atom stereocenters. The molecular formula is C11H26N2. The molecule has 13 heavy (non-hydrogen) atoms. The van der Waals surface area contributed by atoms with E-state index in [1.807, 2.05) is 0 Å². The Bertz CT molecular complexity index is 100. The Balaban J connectivity index is 3.88. The van der Waals surface area contributed by atoms with E-state index in [-0.39, 0.29) is 0 Å². The van der Waals surface area contributed by atoms with Gasteiger partial charge < -0.3 is 5.32 Å². The van der Waals surface area contributed by atoms with Crippen molar-refractivity contribution in [3.8, 4) is 0 Å². The molecule has 0 aliphatic heterocycles. The van der Waals surface area contributed by atoms with Gasteiger partial charge in [-0.2, -0.15) is 0 Å². The molecule has 0 amide bonds. The Labute approximate surface area is 83.7 Å². The molecule has 0 aliphatic carbocycles. The monoisotopic (exact) mass is 186 g/mol. The molecule has 0 fully saturated rings. The van der Waals surface area contributed by atoms with Crippen molar-refractivity contribution in [2.24, 2.45) is 0 Å². The summed E-state index contributed by atoms with van der Waals surface area (Å²) in [4.78, 5) is 2.50. The van der Waals surface area contributed by atoms with E-state index in [0.717, 1.165) is 19.6 Å². The summed E-state index contributed by atoms with van der Waals surface area (Å²) in [6, 6.07) is 0. The fourth-order valence-electron chi connectivity index (χ4n) is 1.71. The van der Waals surface area contributed by atoms with Gasteiger partial charge in [0, 0.05) is 0 Å². The van der Waals surface area contributed by atoms with Crippen molar-refractivity contribution in [3.05, 3.63) is 0 Å². The maximum atomic E-state index is 3.55. The second-order valence-corrected chi connectivity index (χ2v) is 3.44. The van der Waals surface area contributed by atoms with Crippen molar-refractivity contribution >= 4 is 0 Å². The first-order chi connectivity index (χ1) is 6.29. The zero-order valence-corrected chi connectivity index (χ0v) is 9.77. The maximum Gasteiger partial charge on any atom is 0.0596 e. The molecule has 2 heteroatoms. The molecule has 0 spiro atoms. The molecule has 80 valence electrons. The van der Waals surface area contributed by atoms with Crippen LogP contribution in [0.4, 0.5) is 0 Å². The van der Waals surface area contributed by atoms with Crippen LogP contribution in [0.2, 0.25) is 0 Å². The van der Waals surface area contributed by atoms with Crippen molar-refractivity contribution in [3.63, 3.8) is 0 Å². The van der Waals surface area contributed by atoms with Crippen molar-refractivity contribution < 1.29 is 0 Å². The lowest BCUT2D eigenvalue weighted by molar-refractivity contribution is 0.171. The summed E-state index contributed by atoms with van der Waals surface area (Å²) in [5.74, 6) is 0. The normalized spacial score (nSPS) is 13.6. The molecule has 0 aromatic heterocycles. The van der Waals surface area contributed by atoms with Crippen molar-refractivity contribution in [1.29, 1.82) is 0 Å². The summed E-state index contributed by atoms with van der Waals surface area (Å²) < 4.78 is 0. The van der Waals surface area contributed by atoms with Gasteiger partial charge in [0.2, 0.25) is 0 Å². The van der Waals surface area contributed by atoms with Crippen LogP contribution in [-0.2, 0) is 0 Å². The van der Waals surface area contributed by atoms with Gasteiger partial charge >= 0.3 is 0 Å². The molecule has 1 N–H and O–H groups in total. The largest absolute Gasteiger partial charge is 0.302 e. The fourth-order valence-corrected chi connectivity index (χ4v) is 1.71. The van der Waals surface area contributed by atoms with Crippen LogP contribution in [-0.4, -0.2) is 30.7 Å². The number of hydrogen-bond donors (Lipinski definition) is 1. The summed E-state index contributed by atoms with van der Waals surface area (Å²) in [7, 11) is 0. The molecule has 0 aromatic carbocycles. The number of nitrogens with zero attached hydrogens (tertiary/aromatic N) is 1. The lowest BCUT2D eigenvalue weighted by Crippen LogP contribution is -2.45. The fraction of sp³-hybridized carbons (Fsp3) is 1.00. The van der Waals surface area contributed by atoms with E-state index in [0.29, 0.717) is 6.17 Å². The third kappa shape index (κ3) is 5.27. The minimum atomic E-state index is 0.597. The van der Waals surface area contributed by atoms with E-state index < -0.39 is 0 Å². The number of nitrogens with one attached hydrogen (secondary N) is 1. The third-order valence-electron chi connectivity index (χ3n) is 2.52. The summed E-state index contributed by atoms with van der Waals surface area (Å²) in [5, 5.41) is 3.55. The lowest BCUT2D eigenvalue weighted by Gasteiger charge is -2.30. The number of hydrogen-bond acceptors (Lipinski definition) is 2. The molecular weight excluding hydrogens is 160 g/mol. The average molecular weight is 186 g/mol. The van der Waals surface area contributed by atoms with Gasteiger partial charge in [0.15, 0.2) is 0 Å². The van der Waals surface area contributed by atoms with E-state index in [1.54, 1.807) is 0 Å². The molecule has 0 saturated heterocycles. The van der Waals surface area contributed by atoms with Gasteiger partial charge in [0.1, 0.15) is 0 Å². The first-order valence-corrected chi connectivity index (χ1v) is 5.77. The molecule has 0 saturated carbocycles. The number of rotatable bonds is 8. The predicted octanol–water partition coefficient (Wildman–Crippen LogP) is 2.45. The van der Waals surface area contributed by atoms with E-state index in [9.17, 15) is 0 Å². The molecule has 0 rings (SSSR count). The summed E-state index contributed by atoms with van der Waals surface area (Å²) in [6.07, 6.45) is 4.50. The lowest BCUT2D eigenvalue weighted by atomic mass is 10.2. The highest BCUT2D eigenvalue weighted by molar-refractivity contribution is 4.66. The smallest absolute Gasteiger partial charge is 0.0596 e. The molecule has 0 heterocycles. The number of unbranched alkanes of at least 4 members (excludes halogenated alkanes) is 1. The average Bonchev–Trinajstić information content (AvgIpc) is 2.16. The Morgan fingerprint density at radius 3 is 2.08 bits per heavy atom. The van der Waals surface area contributed by atoms with Crippen molar-refractivity contribution in [1.82, 2.24) is 10.2 Å². The first-order valence-electron chi connectivity index (χ1n) is 5.77. The summed E-state index contributed by atoms with van der Waals surface area (Å²) in [6.45, 7) is 12.3.